The van der Waals surface area contributed by atoms with Crippen LogP contribution in [0.4, 0.5) is 9.93 Å². The molecule has 34 heavy (non-hydrogen) atoms. The number of methoxy groups -OCH3 is 1. The van der Waals surface area contributed by atoms with E-state index in [-0.39, 0.29) is 39.5 Å². The number of amides is 1. The molecule has 1 aliphatic rings. The van der Waals surface area contributed by atoms with Crippen molar-refractivity contribution in [3.8, 4) is 16.5 Å². The largest absolute Gasteiger partial charge is 0.512 e. The van der Waals surface area contributed by atoms with Crippen LogP contribution in [0.15, 0.2) is 6.20 Å². The van der Waals surface area contributed by atoms with Crippen molar-refractivity contribution in [3.05, 3.63) is 27.6 Å². The number of rotatable bonds is 6. The van der Waals surface area contributed by atoms with E-state index in [1.165, 1.54) is 4.68 Å². The summed E-state index contributed by atoms with van der Waals surface area (Å²) < 4.78 is 12.1. The summed E-state index contributed by atoms with van der Waals surface area (Å²) in [6.45, 7) is 2.66. The molecule has 1 aliphatic heterocycles. The third kappa shape index (κ3) is 4.82. The number of piperidine rings is 1. The molecule has 3 aromatic rings. The van der Waals surface area contributed by atoms with Gasteiger partial charge in [-0.3, -0.25) is 9.48 Å². The Labute approximate surface area is 207 Å². The molecule has 0 spiro atoms. The lowest BCUT2D eigenvalue weighted by molar-refractivity contribution is 0.0540. The van der Waals surface area contributed by atoms with Gasteiger partial charge in [0.15, 0.2) is 5.13 Å². The monoisotopic (exact) mass is 529 g/mol. The van der Waals surface area contributed by atoms with E-state index in [4.69, 9.17) is 37.8 Å². The van der Waals surface area contributed by atoms with E-state index in [0.29, 0.717) is 41.1 Å². The summed E-state index contributed by atoms with van der Waals surface area (Å²) in [6.07, 6.45) is 0.350. The topological polar surface area (TPSA) is 147 Å². The Bertz CT molecular complexity index is 1230. The number of nitrogens with one attached hydrogen (secondary N) is 2. The molecule has 4 rings (SSSR count). The van der Waals surface area contributed by atoms with Gasteiger partial charge in [0, 0.05) is 32.9 Å². The Morgan fingerprint density at radius 3 is 2.71 bits per heavy atom. The molecule has 182 valence electrons. The fourth-order valence-electron chi connectivity index (χ4n) is 3.66. The SMILES string of the molecule is CO[C@H]1CN(c2nc(-c3cn(C)nn3)c(OC(=O)O)s2)CC[C@H]1NC(=O)c1[nH]c(C)c(Cl)c1Cl. The molecular weight excluding hydrogens is 509 g/mol. The van der Waals surface area contributed by atoms with Crippen molar-refractivity contribution in [2.75, 3.05) is 25.1 Å². The van der Waals surface area contributed by atoms with E-state index in [1.807, 2.05) is 4.90 Å². The van der Waals surface area contributed by atoms with Crippen LogP contribution in [0, 0.1) is 6.92 Å². The summed E-state index contributed by atoms with van der Waals surface area (Å²) in [5.41, 5.74) is 1.49. The summed E-state index contributed by atoms with van der Waals surface area (Å²) in [5.74, 6) is -0.378. The van der Waals surface area contributed by atoms with E-state index in [2.05, 4.69) is 25.6 Å². The molecule has 2 atom stereocenters. The number of anilines is 1. The average Bonchev–Trinajstić information content (AvgIpc) is 3.48. The van der Waals surface area contributed by atoms with Gasteiger partial charge in [0.2, 0.25) is 5.06 Å². The van der Waals surface area contributed by atoms with Crippen LogP contribution in [-0.4, -0.2) is 74.5 Å². The standard InChI is InChI=1S/C19H21Cl2N7O5S/c1-8-12(20)13(21)15(22-8)16(29)23-9-4-5-28(7-11(9)32-3)18-24-14(10-6-27(2)26-25-10)17(34-18)33-19(30)31/h6,9,11,22H,4-5,7H2,1-3H3,(H,23,29)(H,30,31)/t9-,11+/m1/s1. The zero-order chi connectivity index (χ0) is 24.6. The van der Waals surface area contributed by atoms with E-state index in [9.17, 15) is 9.59 Å². The van der Waals surface area contributed by atoms with Gasteiger partial charge >= 0.3 is 6.16 Å². The average molecular weight is 530 g/mol. The van der Waals surface area contributed by atoms with Crippen LogP contribution >= 0.6 is 34.5 Å². The highest BCUT2D eigenvalue weighted by Gasteiger charge is 2.34. The predicted octanol–water partition coefficient (Wildman–Crippen LogP) is 2.96. The first-order valence-electron chi connectivity index (χ1n) is 10.1. The summed E-state index contributed by atoms with van der Waals surface area (Å²) in [5, 5.41) is 21.1. The molecule has 0 bridgehead atoms. The molecule has 0 radical (unpaired) electrons. The van der Waals surface area contributed by atoms with Crippen LogP contribution in [0.1, 0.15) is 22.6 Å². The second-order valence-corrected chi connectivity index (χ2v) is 9.32. The molecule has 0 aliphatic carbocycles. The molecule has 1 saturated heterocycles. The van der Waals surface area contributed by atoms with Crippen LogP contribution in [-0.2, 0) is 11.8 Å². The number of hydrogen-bond acceptors (Lipinski definition) is 9. The summed E-state index contributed by atoms with van der Waals surface area (Å²) >= 11 is 13.3. The van der Waals surface area contributed by atoms with Gasteiger partial charge in [-0.05, 0) is 13.3 Å². The van der Waals surface area contributed by atoms with Crippen LogP contribution in [0.25, 0.3) is 11.4 Å². The van der Waals surface area contributed by atoms with Gasteiger partial charge in [0.05, 0.1) is 28.4 Å². The molecule has 0 aromatic carbocycles. The van der Waals surface area contributed by atoms with Gasteiger partial charge in [-0.25, -0.2) is 9.78 Å². The van der Waals surface area contributed by atoms with E-state index < -0.39 is 6.16 Å². The number of carboxylic acid groups (broad SMARTS) is 1. The van der Waals surface area contributed by atoms with Crippen LogP contribution < -0.4 is 15.0 Å². The van der Waals surface area contributed by atoms with Crippen molar-refractivity contribution in [1.29, 1.82) is 0 Å². The number of carbonyl (C=O) groups is 2. The first-order chi connectivity index (χ1) is 16.2. The Hall–Kier alpha value is -2.87. The maximum atomic E-state index is 12.8. The third-order valence-electron chi connectivity index (χ3n) is 5.34. The van der Waals surface area contributed by atoms with Gasteiger partial charge < -0.3 is 29.8 Å². The molecule has 1 amide bonds. The number of nitrogens with zero attached hydrogens (tertiary/aromatic N) is 5. The maximum absolute atomic E-state index is 12.8. The molecule has 4 heterocycles. The smallest absolute Gasteiger partial charge is 0.449 e. The van der Waals surface area contributed by atoms with Gasteiger partial charge in [0.25, 0.3) is 5.91 Å². The molecule has 15 heteroatoms. The molecule has 3 N–H and O–H groups in total. The van der Waals surface area contributed by atoms with Crippen LogP contribution in [0.3, 0.4) is 0 Å². The summed E-state index contributed by atoms with van der Waals surface area (Å²) in [7, 11) is 3.25. The second kappa shape index (κ2) is 9.78. The quantitative estimate of drug-likeness (QED) is 0.409. The molecule has 0 unspecified atom stereocenters. The summed E-state index contributed by atoms with van der Waals surface area (Å²) in [4.78, 5) is 33.3. The zero-order valence-corrected chi connectivity index (χ0v) is 20.7. The fraction of sp³-hybridized carbons (Fsp3) is 0.421. The number of aromatic amines is 1. The number of ether oxygens (including phenoxy) is 2. The highest BCUT2D eigenvalue weighted by molar-refractivity contribution is 7.18. The zero-order valence-electron chi connectivity index (χ0n) is 18.3. The Morgan fingerprint density at radius 1 is 1.35 bits per heavy atom. The number of halogens is 2. The van der Waals surface area contributed by atoms with Crippen molar-refractivity contribution in [2.45, 2.75) is 25.5 Å². The molecule has 3 aromatic heterocycles. The molecule has 1 fully saturated rings. The molecular formula is C19H21Cl2N7O5S. The molecule has 0 saturated carbocycles. The highest BCUT2D eigenvalue weighted by atomic mass is 35.5. The fourth-order valence-corrected chi connectivity index (χ4v) is 5.03. The second-order valence-electron chi connectivity index (χ2n) is 7.62. The van der Waals surface area contributed by atoms with Crippen LogP contribution in [0.2, 0.25) is 10.0 Å². The highest BCUT2D eigenvalue weighted by Crippen LogP contribution is 2.40. The lowest BCUT2D eigenvalue weighted by Gasteiger charge is -2.37. The van der Waals surface area contributed by atoms with Gasteiger partial charge in [-0.2, -0.15) is 0 Å². The normalized spacial score (nSPS) is 18.2. The number of H-pyrrole nitrogens is 1. The minimum Gasteiger partial charge on any atom is -0.449 e. The van der Waals surface area contributed by atoms with Crippen molar-refractivity contribution < 1.29 is 24.2 Å². The minimum absolute atomic E-state index is 0.0982. The Kier molecular flexibility index (Phi) is 6.98. The van der Waals surface area contributed by atoms with Crippen molar-refractivity contribution in [1.82, 2.24) is 30.3 Å². The van der Waals surface area contributed by atoms with Crippen molar-refractivity contribution in [2.24, 2.45) is 7.05 Å². The lowest BCUT2D eigenvalue weighted by atomic mass is 10.0. The maximum Gasteiger partial charge on any atom is 0.512 e. The van der Waals surface area contributed by atoms with Crippen molar-refractivity contribution in [3.63, 3.8) is 0 Å². The van der Waals surface area contributed by atoms with Crippen LogP contribution in [0.5, 0.6) is 5.06 Å². The number of hydrogen-bond donors (Lipinski definition) is 3. The van der Waals surface area contributed by atoms with E-state index >= 15 is 0 Å². The number of carbonyl (C=O) groups excluding carboxylic acids is 1. The first-order valence-corrected chi connectivity index (χ1v) is 11.7. The third-order valence-corrected chi connectivity index (χ3v) is 7.28. The van der Waals surface area contributed by atoms with Gasteiger partial charge in [0.1, 0.15) is 17.1 Å². The Balaban J connectivity index is 1.51. The predicted molar refractivity (Wildman–Crippen MR) is 125 cm³/mol. The lowest BCUT2D eigenvalue weighted by Crippen LogP contribution is -2.55. The Morgan fingerprint density at radius 2 is 2.12 bits per heavy atom. The summed E-state index contributed by atoms with van der Waals surface area (Å²) in [6, 6.07) is -0.290. The van der Waals surface area contributed by atoms with Crippen molar-refractivity contribution >= 4 is 51.7 Å². The number of aromatic nitrogens is 5. The van der Waals surface area contributed by atoms with Gasteiger partial charge in [-0.15, -0.1) is 5.10 Å². The van der Waals surface area contributed by atoms with E-state index in [1.54, 1.807) is 27.3 Å². The van der Waals surface area contributed by atoms with Gasteiger partial charge in [-0.1, -0.05) is 39.8 Å². The first kappa shape index (κ1) is 24.3. The number of aryl methyl sites for hydroxylation is 2. The minimum atomic E-state index is -1.45. The number of thiazole rings is 1. The molecule has 12 nitrogen and oxygen atoms in total. The van der Waals surface area contributed by atoms with E-state index in [0.717, 1.165) is 11.3 Å².